The minimum atomic E-state index is -0.677. The molecule has 0 saturated carbocycles. The Morgan fingerprint density at radius 2 is 1.85 bits per heavy atom. The number of nitrogens with one attached hydrogen (secondary N) is 2. The minimum Gasteiger partial charge on any atom is -0.495 e. The number of halogens is 1. The topological polar surface area (TPSA) is 141 Å². The van der Waals surface area contributed by atoms with Crippen LogP contribution in [0.2, 0.25) is 5.02 Å². The summed E-state index contributed by atoms with van der Waals surface area (Å²) < 4.78 is 11.3. The molecule has 1 amide bonds. The molecule has 0 aliphatic heterocycles. The summed E-state index contributed by atoms with van der Waals surface area (Å²) >= 11 is 7.55. The largest absolute Gasteiger partial charge is 0.495 e. The third kappa shape index (κ3) is 5.33. The molecular weight excluding hydrogens is 480 g/mol. The number of anilines is 3. The SMILES string of the molecule is COc1ccccc1Nc1nc(N)nc(COC(=O)CNC(=O)c2sc3ccccc3c2Cl)n1. The monoisotopic (exact) mass is 498 g/mol. The maximum atomic E-state index is 12.5. The number of fused-ring (bicyclic) bond motifs is 1. The zero-order valence-electron chi connectivity index (χ0n) is 17.9. The number of thiophene rings is 1. The van der Waals surface area contributed by atoms with Crippen LogP contribution in [0.25, 0.3) is 10.1 Å². The van der Waals surface area contributed by atoms with Gasteiger partial charge in [0, 0.05) is 10.1 Å². The van der Waals surface area contributed by atoms with E-state index in [4.69, 9.17) is 26.8 Å². The lowest BCUT2D eigenvalue weighted by Gasteiger charge is -2.11. The van der Waals surface area contributed by atoms with Crippen molar-refractivity contribution in [1.82, 2.24) is 20.3 Å². The number of methoxy groups -OCH3 is 1. The predicted octanol–water partition coefficient (Wildman–Crippen LogP) is 3.55. The van der Waals surface area contributed by atoms with E-state index in [1.807, 2.05) is 36.4 Å². The van der Waals surface area contributed by atoms with Gasteiger partial charge in [0.15, 0.2) is 12.4 Å². The van der Waals surface area contributed by atoms with Gasteiger partial charge in [-0.05, 0) is 18.2 Å². The number of aromatic nitrogens is 3. The summed E-state index contributed by atoms with van der Waals surface area (Å²) in [5.41, 5.74) is 6.38. The fourth-order valence-electron chi connectivity index (χ4n) is 3.02. The molecule has 0 unspecified atom stereocenters. The van der Waals surface area contributed by atoms with Crippen molar-refractivity contribution in [2.24, 2.45) is 0 Å². The number of carbonyl (C=O) groups is 2. The van der Waals surface area contributed by atoms with Crippen LogP contribution in [-0.4, -0.2) is 40.5 Å². The van der Waals surface area contributed by atoms with E-state index in [0.717, 1.165) is 10.1 Å². The molecule has 0 aliphatic carbocycles. The molecule has 0 atom stereocenters. The molecule has 10 nitrogen and oxygen atoms in total. The Bertz CT molecular complexity index is 1360. The number of esters is 1. The second-order valence-electron chi connectivity index (χ2n) is 6.84. The van der Waals surface area contributed by atoms with Crippen LogP contribution < -0.4 is 21.1 Å². The van der Waals surface area contributed by atoms with Crippen LogP contribution in [0.5, 0.6) is 5.75 Å². The van der Waals surface area contributed by atoms with Crippen molar-refractivity contribution in [2.45, 2.75) is 6.61 Å². The average Bonchev–Trinajstić information content (AvgIpc) is 3.18. The average molecular weight is 499 g/mol. The zero-order chi connectivity index (χ0) is 24.1. The summed E-state index contributed by atoms with van der Waals surface area (Å²) in [5, 5.41) is 6.64. The van der Waals surface area contributed by atoms with E-state index in [1.54, 1.807) is 19.2 Å². The highest BCUT2D eigenvalue weighted by molar-refractivity contribution is 7.21. The van der Waals surface area contributed by atoms with E-state index >= 15 is 0 Å². The van der Waals surface area contributed by atoms with Crippen molar-refractivity contribution >= 4 is 62.5 Å². The number of rotatable bonds is 8. The molecule has 0 bridgehead atoms. The van der Waals surface area contributed by atoms with Gasteiger partial charge in [-0.25, -0.2) is 0 Å². The van der Waals surface area contributed by atoms with Crippen LogP contribution in [-0.2, 0) is 16.1 Å². The maximum absolute atomic E-state index is 12.5. The first-order chi connectivity index (χ1) is 16.4. The normalized spacial score (nSPS) is 10.6. The minimum absolute atomic E-state index is 0.0499. The molecular formula is C22H19ClN6O4S. The lowest BCUT2D eigenvalue weighted by Crippen LogP contribution is -2.30. The van der Waals surface area contributed by atoms with Gasteiger partial charge in [0.05, 0.1) is 17.8 Å². The van der Waals surface area contributed by atoms with E-state index in [1.165, 1.54) is 11.3 Å². The molecule has 174 valence electrons. The summed E-state index contributed by atoms with van der Waals surface area (Å²) in [4.78, 5) is 37.2. The summed E-state index contributed by atoms with van der Waals surface area (Å²) in [6.07, 6.45) is 0. The van der Waals surface area contributed by atoms with E-state index in [0.29, 0.717) is 21.3 Å². The van der Waals surface area contributed by atoms with Gasteiger partial charge in [-0.15, -0.1) is 11.3 Å². The summed E-state index contributed by atoms with van der Waals surface area (Å²) in [7, 11) is 1.54. The van der Waals surface area contributed by atoms with Gasteiger partial charge in [-0.1, -0.05) is 41.9 Å². The van der Waals surface area contributed by atoms with Crippen LogP contribution in [0.1, 0.15) is 15.5 Å². The Morgan fingerprint density at radius 3 is 2.65 bits per heavy atom. The fourth-order valence-corrected chi connectivity index (χ4v) is 4.45. The Morgan fingerprint density at radius 1 is 1.09 bits per heavy atom. The van der Waals surface area contributed by atoms with Gasteiger partial charge in [-0.2, -0.15) is 15.0 Å². The summed E-state index contributed by atoms with van der Waals surface area (Å²) in [6.45, 7) is -0.609. The molecule has 2 aromatic heterocycles. The van der Waals surface area contributed by atoms with Crippen molar-refractivity contribution in [2.75, 3.05) is 24.7 Å². The Kier molecular flexibility index (Phi) is 7.04. The number of hydrogen-bond acceptors (Lipinski definition) is 10. The molecule has 2 heterocycles. The Labute approximate surface area is 203 Å². The highest BCUT2D eigenvalue weighted by Gasteiger charge is 2.18. The van der Waals surface area contributed by atoms with Crippen molar-refractivity contribution in [3.63, 3.8) is 0 Å². The highest BCUT2D eigenvalue weighted by atomic mass is 35.5. The number of amides is 1. The first kappa shape index (κ1) is 23.2. The Balaban J connectivity index is 1.34. The van der Waals surface area contributed by atoms with Gasteiger partial charge < -0.3 is 25.8 Å². The number of nitrogens with zero attached hydrogens (tertiary/aromatic N) is 3. The number of para-hydroxylation sites is 2. The van der Waals surface area contributed by atoms with E-state index in [2.05, 4.69) is 25.6 Å². The van der Waals surface area contributed by atoms with Gasteiger partial charge in [0.2, 0.25) is 11.9 Å². The molecule has 34 heavy (non-hydrogen) atoms. The van der Waals surface area contributed by atoms with Crippen LogP contribution in [0.3, 0.4) is 0 Å². The van der Waals surface area contributed by atoms with Crippen LogP contribution in [0, 0.1) is 0 Å². The standard InChI is InChI=1S/C22H19ClN6O4S/c1-32-14-8-4-3-7-13(14)26-22-28-16(27-21(24)29-22)11-33-17(30)10-25-20(31)19-18(23)12-6-2-5-9-15(12)34-19/h2-9H,10-11H2,1H3,(H,25,31)(H3,24,26,27,28,29). The number of nitrogen functional groups attached to an aromatic ring is 1. The van der Waals surface area contributed by atoms with Gasteiger partial charge in [0.25, 0.3) is 5.91 Å². The first-order valence-electron chi connectivity index (χ1n) is 9.96. The second kappa shape index (κ2) is 10.3. The molecule has 0 saturated heterocycles. The fraction of sp³-hybridized carbons (Fsp3) is 0.136. The molecule has 0 radical (unpaired) electrons. The number of carbonyl (C=O) groups excluding carboxylic acids is 2. The predicted molar refractivity (Wildman–Crippen MR) is 129 cm³/mol. The van der Waals surface area contributed by atoms with E-state index in [9.17, 15) is 9.59 Å². The first-order valence-corrected chi connectivity index (χ1v) is 11.2. The highest BCUT2D eigenvalue weighted by Crippen LogP contribution is 2.35. The molecule has 0 fully saturated rings. The summed E-state index contributed by atoms with van der Waals surface area (Å²) in [5.74, 6) is -0.303. The smallest absolute Gasteiger partial charge is 0.325 e. The van der Waals surface area contributed by atoms with Crippen molar-refractivity contribution in [3.8, 4) is 5.75 Å². The third-order valence-electron chi connectivity index (χ3n) is 4.55. The second-order valence-corrected chi connectivity index (χ2v) is 8.27. The lowest BCUT2D eigenvalue weighted by molar-refractivity contribution is -0.143. The number of benzene rings is 2. The molecule has 12 heteroatoms. The van der Waals surface area contributed by atoms with Crippen molar-refractivity contribution in [3.05, 3.63) is 64.3 Å². The number of hydrogen-bond donors (Lipinski definition) is 3. The number of ether oxygens (including phenoxy) is 2. The molecule has 2 aromatic carbocycles. The lowest BCUT2D eigenvalue weighted by atomic mass is 10.2. The van der Waals surface area contributed by atoms with Gasteiger partial charge in [-0.3, -0.25) is 9.59 Å². The quantitative estimate of drug-likeness (QED) is 0.311. The van der Waals surface area contributed by atoms with Crippen LogP contribution in [0.4, 0.5) is 17.6 Å². The molecule has 0 spiro atoms. The Hall–Kier alpha value is -3.96. The van der Waals surface area contributed by atoms with Crippen molar-refractivity contribution < 1.29 is 19.1 Å². The van der Waals surface area contributed by atoms with Crippen LogP contribution >= 0.6 is 22.9 Å². The van der Waals surface area contributed by atoms with Crippen molar-refractivity contribution in [1.29, 1.82) is 0 Å². The molecule has 4 rings (SSSR count). The number of nitrogens with two attached hydrogens (primary N) is 1. The van der Waals surface area contributed by atoms with Gasteiger partial charge in [0.1, 0.15) is 17.2 Å². The molecule has 0 aliphatic rings. The summed E-state index contributed by atoms with van der Waals surface area (Å²) in [6, 6.07) is 14.6. The zero-order valence-corrected chi connectivity index (χ0v) is 19.4. The molecule has 4 N–H and O–H groups in total. The van der Waals surface area contributed by atoms with E-state index in [-0.39, 0.29) is 30.9 Å². The van der Waals surface area contributed by atoms with Crippen LogP contribution in [0.15, 0.2) is 48.5 Å². The maximum Gasteiger partial charge on any atom is 0.325 e. The molecule has 4 aromatic rings. The third-order valence-corrected chi connectivity index (χ3v) is 6.22. The van der Waals surface area contributed by atoms with E-state index < -0.39 is 11.9 Å². The van der Waals surface area contributed by atoms with Gasteiger partial charge >= 0.3 is 5.97 Å².